The summed E-state index contributed by atoms with van der Waals surface area (Å²) >= 11 is 8.94. The lowest BCUT2D eigenvalue weighted by molar-refractivity contribution is -0.117. The summed E-state index contributed by atoms with van der Waals surface area (Å²) in [5.41, 5.74) is 2.87. The minimum Gasteiger partial charge on any atom is -0.331 e. The van der Waals surface area contributed by atoms with E-state index in [0.29, 0.717) is 18.1 Å². The molecule has 2 aromatic rings. The van der Waals surface area contributed by atoms with Gasteiger partial charge in [0.15, 0.2) is 5.11 Å². The minimum absolute atomic E-state index is 0.0484. The summed E-state index contributed by atoms with van der Waals surface area (Å²) < 4.78 is 0.971. The van der Waals surface area contributed by atoms with Gasteiger partial charge in [0.2, 0.25) is 5.91 Å². The van der Waals surface area contributed by atoms with Crippen LogP contribution < -0.4 is 10.3 Å². The van der Waals surface area contributed by atoms with Gasteiger partial charge < -0.3 is 5.32 Å². The van der Waals surface area contributed by atoms with Gasteiger partial charge in [0.05, 0.1) is 12.2 Å². The van der Waals surface area contributed by atoms with Crippen molar-refractivity contribution >= 4 is 50.5 Å². The zero-order valence-corrected chi connectivity index (χ0v) is 15.0. The monoisotopic (exact) mass is 389 g/mol. The smallest absolute Gasteiger partial charge is 0.247 e. The SMILES string of the molecule is Cc1ccc(N2C(=O)CCN2C(=S)Nc2cccc(Br)c2)cc1. The summed E-state index contributed by atoms with van der Waals surface area (Å²) in [7, 11) is 0. The molecule has 0 radical (unpaired) electrons. The lowest BCUT2D eigenvalue weighted by atomic mass is 10.2. The summed E-state index contributed by atoms with van der Waals surface area (Å²) in [6, 6.07) is 15.6. The standard InChI is InChI=1S/C17H16BrN3OS/c1-12-5-7-15(8-6-12)21-16(22)9-10-20(21)17(23)19-14-4-2-3-13(18)11-14/h2-8,11H,9-10H2,1H3,(H,19,23). The number of hydrogen-bond donors (Lipinski definition) is 1. The van der Waals surface area contributed by atoms with Gasteiger partial charge in [0.25, 0.3) is 0 Å². The van der Waals surface area contributed by atoms with Gasteiger partial charge in [-0.1, -0.05) is 39.7 Å². The molecular weight excluding hydrogens is 374 g/mol. The molecule has 118 valence electrons. The van der Waals surface area contributed by atoms with Gasteiger partial charge in [0, 0.05) is 16.6 Å². The van der Waals surface area contributed by atoms with Gasteiger partial charge in [-0.2, -0.15) is 0 Å². The van der Waals surface area contributed by atoms with Gasteiger partial charge in [-0.3, -0.25) is 9.80 Å². The average Bonchev–Trinajstić information content (AvgIpc) is 2.90. The lowest BCUT2D eigenvalue weighted by Crippen LogP contribution is -2.45. The zero-order chi connectivity index (χ0) is 16.4. The van der Waals surface area contributed by atoms with Crippen molar-refractivity contribution in [1.29, 1.82) is 0 Å². The Labute approximate surface area is 149 Å². The topological polar surface area (TPSA) is 35.6 Å². The van der Waals surface area contributed by atoms with Crippen molar-refractivity contribution in [2.24, 2.45) is 0 Å². The van der Waals surface area contributed by atoms with E-state index in [2.05, 4.69) is 21.2 Å². The fourth-order valence-corrected chi connectivity index (χ4v) is 3.15. The van der Waals surface area contributed by atoms with E-state index in [1.54, 1.807) is 5.01 Å². The van der Waals surface area contributed by atoms with Crippen LogP contribution in [0.5, 0.6) is 0 Å². The number of rotatable bonds is 2. The molecule has 0 unspecified atom stereocenters. The lowest BCUT2D eigenvalue weighted by Gasteiger charge is -2.30. The highest BCUT2D eigenvalue weighted by atomic mass is 79.9. The number of hydrazine groups is 1. The first-order valence-electron chi connectivity index (χ1n) is 7.28. The molecule has 0 bridgehead atoms. The number of thiocarbonyl (C=S) groups is 1. The van der Waals surface area contributed by atoms with Crippen molar-refractivity contribution in [1.82, 2.24) is 5.01 Å². The van der Waals surface area contributed by atoms with Gasteiger partial charge in [-0.25, -0.2) is 5.01 Å². The molecule has 1 amide bonds. The highest BCUT2D eigenvalue weighted by molar-refractivity contribution is 9.10. The Morgan fingerprint density at radius 2 is 1.96 bits per heavy atom. The second-order valence-corrected chi connectivity index (χ2v) is 6.66. The fourth-order valence-electron chi connectivity index (χ4n) is 2.46. The number of nitrogens with zero attached hydrogens (tertiary/aromatic N) is 2. The van der Waals surface area contributed by atoms with E-state index in [4.69, 9.17) is 12.2 Å². The van der Waals surface area contributed by atoms with E-state index in [-0.39, 0.29) is 5.91 Å². The molecule has 0 atom stereocenters. The molecule has 6 heteroatoms. The second kappa shape index (κ2) is 6.68. The highest BCUT2D eigenvalue weighted by Gasteiger charge is 2.32. The zero-order valence-electron chi connectivity index (χ0n) is 12.6. The molecule has 4 nitrogen and oxygen atoms in total. The van der Waals surface area contributed by atoms with E-state index >= 15 is 0 Å². The van der Waals surface area contributed by atoms with Crippen LogP contribution in [0.25, 0.3) is 0 Å². The Morgan fingerprint density at radius 1 is 1.22 bits per heavy atom. The Hall–Kier alpha value is -1.92. The predicted molar refractivity (Wildman–Crippen MR) is 100 cm³/mol. The normalized spacial score (nSPS) is 14.3. The van der Waals surface area contributed by atoms with Gasteiger partial charge in [-0.15, -0.1) is 0 Å². The number of nitrogens with one attached hydrogen (secondary N) is 1. The first-order valence-corrected chi connectivity index (χ1v) is 8.48. The molecule has 23 heavy (non-hydrogen) atoms. The summed E-state index contributed by atoms with van der Waals surface area (Å²) in [6.45, 7) is 2.60. The Morgan fingerprint density at radius 3 is 2.65 bits per heavy atom. The Balaban J connectivity index is 1.81. The van der Waals surface area contributed by atoms with E-state index < -0.39 is 0 Å². The Kier molecular flexibility index (Phi) is 4.63. The fraction of sp³-hybridized carbons (Fsp3) is 0.176. The molecule has 1 aliphatic rings. The van der Waals surface area contributed by atoms with Crippen molar-refractivity contribution in [2.45, 2.75) is 13.3 Å². The molecule has 3 rings (SSSR count). The largest absolute Gasteiger partial charge is 0.331 e. The molecular formula is C17H16BrN3OS. The summed E-state index contributed by atoms with van der Waals surface area (Å²) in [5, 5.41) is 7.15. The third-order valence-electron chi connectivity index (χ3n) is 3.60. The quantitative estimate of drug-likeness (QED) is 0.783. The molecule has 0 saturated carbocycles. The number of carbonyl (C=O) groups excluding carboxylic acids is 1. The van der Waals surface area contributed by atoms with Crippen molar-refractivity contribution < 1.29 is 4.79 Å². The highest BCUT2D eigenvalue weighted by Crippen LogP contribution is 2.24. The van der Waals surface area contributed by atoms with Crippen LogP contribution in [0.15, 0.2) is 53.0 Å². The van der Waals surface area contributed by atoms with Crippen LogP contribution >= 0.6 is 28.1 Å². The number of amides is 1. The molecule has 1 fully saturated rings. The van der Waals surface area contributed by atoms with Crippen LogP contribution in [0.1, 0.15) is 12.0 Å². The number of anilines is 2. The van der Waals surface area contributed by atoms with Crippen molar-refractivity contribution in [2.75, 3.05) is 16.9 Å². The second-order valence-electron chi connectivity index (χ2n) is 5.35. The first-order chi connectivity index (χ1) is 11.0. The van der Waals surface area contributed by atoms with Crippen LogP contribution in [-0.4, -0.2) is 22.6 Å². The van der Waals surface area contributed by atoms with Gasteiger partial charge >= 0.3 is 0 Å². The van der Waals surface area contributed by atoms with Crippen LogP contribution in [0.4, 0.5) is 11.4 Å². The number of aryl methyl sites for hydroxylation is 1. The van der Waals surface area contributed by atoms with E-state index in [1.165, 1.54) is 0 Å². The number of halogens is 1. The van der Waals surface area contributed by atoms with Gasteiger partial charge in [-0.05, 0) is 49.5 Å². The Bertz CT molecular complexity index is 748. The summed E-state index contributed by atoms with van der Waals surface area (Å²) in [4.78, 5) is 12.3. The summed E-state index contributed by atoms with van der Waals surface area (Å²) in [5.74, 6) is 0.0484. The number of hydrogen-bond acceptors (Lipinski definition) is 2. The van der Waals surface area contributed by atoms with E-state index in [9.17, 15) is 4.79 Å². The molecule has 1 saturated heterocycles. The average molecular weight is 390 g/mol. The molecule has 2 aromatic carbocycles. The molecule has 0 aliphatic carbocycles. The number of benzene rings is 2. The van der Waals surface area contributed by atoms with Crippen LogP contribution in [0.3, 0.4) is 0 Å². The molecule has 1 heterocycles. The maximum atomic E-state index is 12.3. The van der Waals surface area contributed by atoms with E-state index in [1.807, 2.05) is 60.5 Å². The third kappa shape index (κ3) is 3.54. The molecule has 0 aromatic heterocycles. The predicted octanol–water partition coefficient (Wildman–Crippen LogP) is 4.11. The minimum atomic E-state index is 0.0484. The molecule has 1 N–H and O–H groups in total. The van der Waals surface area contributed by atoms with Crippen molar-refractivity contribution in [3.05, 3.63) is 58.6 Å². The molecule has 1 aliphatic heterocycles. The van der Waals surface area contributed by atoms with Crippen LogP contribution in [0.2, 0.25) is 0 Å². The van der Waals surface area contributed by atoms with Gasteiger partial charge in [0.1, 0.15) is 0 Å². The van der Waals surface area contributed by atoms with Crippen molar-refractivity contribution in [3.63, 3.8) is 0 Å². The van der Waals surface area contributed by atoms with Crippen LogP contribution in [-0.2, 0) is 4.79 Å². The third-order valence-corrected chi connectivity index (χ3v) is 4.41. The number of carbonyl (C=O) groups is 1. The maximum absolute atomic E-state index is 12.3. The van der Waals surface area contributed by atoms with Crippen molar-refractivity contribution in [3.8, 4) is 0 Å². The maximum Gasteiger partial charge on any atom is 0.247 e. The van der Waals surface area contributed by atoms with Crippen LogP contribution in [0, 0.1) is 6.92 Å². The van der Waals surface area contributed by atoms with E-state index in [0.717, 1.165) is 21.4 Å². The molecule has 0 spiro atoms. The summed E-state index contributed by atoms with van der Waals surface area (Å²) in [6.07, 6.45) is 0.453. The first kappa shape index (κ1) is 16.0.